The molecule has 140 valence electrons. The lowest BCUT2D eigenvalue weighted by Crippen LogP contribution is -2.52. The standard InChI is InChI=1S/C18H32N6O/c1-3-13(4-2)10-20-17-15-11-23(12-16(15)21-22-17)24(18(19)25)14-8-6-5-7-9-14/h13-14H,3-12H2,1-2H3,(H2,19,25)(H2,20,21,22). The van der Waals surface area contributed by atoms with Gasteiger partial charge in [0.05, 0.1) is 18.3 Å². The molecule has 1 aromatic rings. The molecule has 0 spiro atoms. The Labute approximate surface area is 150 Å². The number of H-pyrrole nitrogens is 1. The molecule has 7 heteroatoms. The average molecular weight is 348 g/mol. The maximum absolute atomic E-state index is 12.1. The van der Waals surface area contributed by atoms with E-state index in [2.05, 4.69) is 34.4 Å². The highest BCUT2D eigenvalue weighted by Gasteiger charge is 2.35. The zero-order chi connectivity index (χ0) is 17.8. The number of amides is 2. The summed E-state index contributed by atoms with van der Waals surface area (Å²) in [4.78, 5) is 12.1. The molecule has 2 heterocycles. The van der Waals surface area contributed by atoms with Gasteiger partial charge in [-0.3, -0.25) is 10.1 Å². The minimum absolute atomic E-state index is 0.240. The summed E-state index contributed by atoms with van der Waals surface area (Å²) in [5, 5.41) is 15.0. The SMILES string of the molecule is CCC(CC)CNc1n[nH]c2c1CN(N(C(N)=O)C1CCCCC1)C2. The van der Waals surface area contributed by atoms with Crippen molar-refractivity contribution in [3.8, 4) is 0 Å². The van der Waals surface area contributed by atoms with Crippen LogP contribution in [-0.2, 0) is 13.1 Å². The number of urea groups is 1. The number of nitrogens with two attached hydrogens (primary N) is 1. The molecule has 1 aliphatic carbocycles. The van der Waals surface area contributed by atoms with E-state index in [9.17, 15) is 4.79 Å². The van der Waals surface area contributed by atoms with Crippen LogP contribution < -0.4 is 11.1 Å². The van der Waals surface area contributed by atoms with Crippen molar-refractivity contribution in [2.75, 3.05) is 11.9 Å². The first kappa shape index (κ1) is 18.0. The number of hydrazine groups is 1. The van der Waals surface area contributed by atoms with Gasteiger partial charge in [-0.15, -0.1) is 0 Å². The molecule has 0 radical (unpaired) electrons. The average Bonchev–Trinajstić information content (AvgIpc) is 3.18. The van der Waals surface area contributed by atoms with E-state index in [1.165, 1.54) is 37.7 Å². The van der Waals surface area contributed by atoms with Crippen LogP contribution in [-0.4, -0.2) is 38.8 Å². The zero-order valence-corrected chi connectivity index (χ0v) is 15.6. The number of primary amides is 1. The van der Waals surface area contributed by atoms with E-state index in [-0.39, 0.29) is 12.1 Å². The molecule has 0 bridgehead atoms. The fourth-order valence-electron chi connectivity index (χ4n) is 4.12. The van der Waals surface area contributed by atoms with Crippen molar-refractivity contribution in [3.63, 3.8) is 0 Å². The van der Waals surface area contributed by atoms with E-state index in [0.717, 1.165) is 30.9 Å². The number of hydrogen-bond donors (Lipinski definition) is 3. The van der Waals surface area contributed by atoms with Gasteiger partial charge in [0, 0.05) is 18.7 Å². The summed E-state index contributed by atoms with van der Waals surface area (Å²) < 4.78 is 0. The van der Waals surface area contributed by atoms with Gasteiger partial charge in [0.15, 0.2) is 5.82 Å². The van der Waals surface area contributed by atoms with Crippen LogP contribution in [0, 0.1) is 5.92 Å². The first-order chi connectivity index (χ1) is 12.1. The van der Waals surface area contributed by atoms with Gasteiger partial charge in [0.1, 0.15) is 0 Å². The van der Waals surface area contributed by atoms with Crippen LogP contribution in [0.15, 0.2) is 0 Å². The number of carbonyl (C=O) groups is 1. The van der Waals surface area contributed by atoms with E-state index in [1.54, 1.807) is 5.01 Å². The highest BCUT2D eigenvalue weighted by Crippen LogP contribution is 2.32. The number of nitrogens with one attached hydrogen (secondary N) is 2. The lowest BCUT2D eigenvalue weighted by Gasteiger charge is -2.38. The van der Waals surface area contributed by atoms with Crippen molar-refractivity contribution in [3.05, 3.63) is 11.3 Å². The zero-order valence-electron chi connectivity index (χ0n) is 15.6. The van der Waals surface area contributed by atoms with Gasteiger partial charge in [-0.05, 0) is 18.8 Å². The second-order valence-corrected chi connectivity index (χ2v) is 7.39. The molecule has 1 fully saturated rings. The van der Waals surface area contributed by atoms with Gasteiger partial charge in [-0.2, -0.15) is 5.10 Å². The van der Waals surface area contributed by atoms with Gasteiger partial charge in [-0.25, -0.2) is 9.80 Å². The molecule has 7 nitrogen and oxygen atoms in total. The lowest BCUT2D eigenvalue weighted by molar-refractivity contribution is -0.0319. The summed E-state index contributed by atoms with van der Waals surface area (Å²) in [7, 11) is 0. The molecular weight excluding hydrogens is 316 g/mol. The molecule has 2 amide bonds. The third-order valence-electron chi connectivity index (χ3n) is 5.80. The van der Waals surface area contributed by atoms with Crippen molar-refractivity contribution in [1.82, 2.24) is 20.2 Å². The van der Waals surface area contributed by atoms with Crippen molar-refractivity contribution in [2.45, 2.75) is 77.9 Å². The number of carbonyl (C=O) groups excluding carboxylic acids is 1. The molecule has 1 saturated carbocycles. The van der Waals surface area contributed by atoms with Crippen LogP contribution in [0.5, 0.6) is 0 Å². The largest absolute Gasteiger partial charge is 0.368 e. The molecule has 1 aromatic heterocycles. The molecule has 3 rings (SSSR count). The number of aromatic nitrogens is 2. The summed E-state index contributed by atoms with van der Waals surface area (Å²) in [6, 6.07) is -0.0965. The van der Waals surface area contributed by atoms with Crippen molar-refractivity contribution < 1.29 is 4.79 Å². The second kappa shape index (κ2) is 8.08. The molecule has 0 atom stereocenters. The number of aromatic amines is 1. The Morgan fingerprint density at radius 3 is 2.68 bits per heavy atom. The van der Waals surface area contributed by atoms with Gasteiger partial charge in [0.2, 0.25) is 0 Å². The van der Waals surface area contributed by atoms with Gasteiger partial charge >= 0.3 is 6.03 Å². The number of hydrogen-bond acceptors (Lipinski definition) is 4. The Hall–Kier alpha value is -1.76. The number of rotatable bonds is 7. The number of fused-ring (bicyclic) bond motifs is 1. The van der Waals surface area contributed by atoms with Crippen molar-refractivity contribution >= 4 is 11.8 Å². The molecule has 0 unspecified atom stereocenters. The predicted octanol–water partition coefficient (Wildman–Crippen LogP) is 3.20. The Kier molecular flexibility index (Phi) is 5.83. The fraction of sp³-hybridized carbons (Fsp3) is 0.778. The monoisotopic (exact) mass is 348 g/mol. The maximum Gasteiger partial charge on any atom is 0.329 e. The lowest BCUT2D eigenvalue weighted by atomic mass is 9.95. The van der Waals surface area contributed by atoms with E-state index < -0.39 is 0 Å². The van der Waals surface area contributed by atoms with Crippen LogP contribution in [0.3, 0.4) is 0 Å². The van der Waals surface area contributed by atoms with Crippen LogP contribution in [0.2, 0.25) is 0 Å². The van der Waals surface area contributed by atoms with Crippen LogP contribution in [0.1, 0.15) is 70.1 Å². The van der Waals surface area contributed by atoms with E-state index in [4.69, 9.17) is 5.73 Å². The maximum atomic E-state index is 12.1. The van der Waals surface area contributed by atoms with E-state index >= 15 is 0 Å². The second-order valence-electron chi connectivity index (χ2n) is 7.39. The third kappa shape index (κ3) is 3.92. The summed E-state index contributed by atoms with van der Waals surface area (Å²) in [5.41, 5.74) is 7.99. The normalized spacial score (nSPS) is 18.5. The summed E-state index contributed by atoms with van der Waals surface area (Å²) in [6.45, 7) is 6.75. The molecule has 0 saturated heterocycles. The molecular formula is C18H32N6O. The summed E-state index contributed by atoms with van der Waals surface area (Å²) in [5.74, 6) is 1.59. The fourth-order valence-corrected chi connectivity index (χ4v) is 4.12. The van der Waals surface area contributed by atoms with Crippen molar-refractivity contribution in [2.24, 2.45) is 11.7 Å². The van der Waals surface area contributed by atoms with Gasteiger partial charge in [0.25, 0.3) is 0 Å². The highest BCUT2D eigenvalue weighted by molar-refractivity contribution is 5.72. The Morgan fingerprint density at radius 1 is 1.32 bits per heavy atom. The van der Waals surface area contributed by atoms with Crippen LogP contribution in [0.4, 0.5) is 10.6 Å². The summed E-state index contributed by atoms with van der Waals surface area (Å²) >= 11 is 0. The molecule has 4 N–H and O–H groups in total. The topological polar surface area (TPSA) is 90.3 Å². The first-order valence-corrected chi connectivity index (χ1v) is 9.77. The van der Waals surface area contributed by atoms with E-state index in [1.807, 2.05) is 0 Å². The Morgan fingerprint density at radius 2 is 2.04 bits per heavy atom. The summed E-state index contributed by atoms with van der Waals surface area (Å²) in [6.07, 6.45) is 8.04. The van der Waals surface area contributed by atoms with Gasteiger partial charge in [-0.1, -0.05) is 46.0 Å². The Balaban J connectivity index is 1.66. The molecule has 2 aliphatic rings. The molecule has 25 heavy (non-hydrogen) atoms. The smallest absolute Gasteiger partial charge is 0.329 e. The molecule has 0 aromatic carbocycles. The predicted molar refractivity (Wildman–Crippen MR) is 98.7 cm³/mol. The first-order valence-electron chi connectivity index (χ1n) is 9.77. The quantitative estimate of drug-likeness (QED) is 0.706. The Bertz CT molecular complexity index is 576. The van der Waals surface area contributed by atoms with E-state index in [0.29, 0.717) is 19.0 Å². The highest BCUT2D eigenvalue weighted by atomic mass is 16.2. The van der Waals surface area contributed by atoms with Gasteiger partial charge < -0.3 is 11.1 Å². The van der Waals surface area contributed by atoms with Crippen LogP contribution in [0.25, 0.3) is 0 Å². The van der Waals surface area contributed by atoms with Crippen molar-refractivity contribution in [1.29, 1.82) is 0 Å². The number of nitrogens with zero attached hydrogens (tertiary/aromatic N) is 3. The number of anilines is 1. The minimum Gasteiger partial charge on any atom is -0.368 e. The minimum atomic E-state index is -0.337. The third-order valence-corrected chi connectivity index (χ3v) is 5.80. The molecule has 1 aliphatic heterocycles. The van der Waals surface area contributed by atoms with Crippen LogP contribution >= 0.6 is 0 Å².